The Hall–Kier alpha value is -0.790. The fourth-order valence-corrected chi connectivity index (χ4v) is 2.34. The molecule has 0 aliphatic heterocycles. The first-order valence-electron chi connectivity index (χ1n) is 6.16. The van der Waals surface area contributed by atoms with Crippen molar-refractivity contribution in [3.63, 3.8) is 0 Å². The molecule has 2 aromatic rings. The lowest BCUT2D eigenvalue weighted by Crippen LogP contribution is -1.90. The quantitative estimate of drug-likeness (QED) is 0.659. The molecule has 2 rings (SSSR count). The third-order valence-electron chi connectivity index (χ3n) is 2.94. The van der Waals surface area contributed by atoms with E-state index in [-0.39, 0.29) is 0 Å². The summed E-state index contributed by atoms with van der Waals surface area (Å²) in [7, 11) is 0. The standard InChI is InChI=1S/C16H16BrCl/c17-11-1-2-13-3-5-14(6-4-13)12-15-7-9-16(18)10-8-15/h3-10H,1-2,11-12H2. The minimum atomic E-state index is 0.795. The summed E-state index contributed by atoms with van der Waals surface area (Å²) >= 11 is 9.34. The van der Waals surface area contributed by atoms with Crippen molar-refractivity contribution in [1.29, 1.82) is 0 Å². The lowest BCUT2D eigenvalue weighted by atomic mass is 10.0. The van der Waals surface area contributed by atoms with Crippen molar-refractivity contribution in [1.82, 2.24) is 0 Å². The van der Waals surface area contributed by atoms with Crippen LogP contribution in [0.4, 0.5) is 0 Å². The highest BCUT2D eigenvalue weighted by Gasteiger charge is 1.98. The van der Waals surface area contributed by atoms with Crippen LogP contribution in [-0.4, -0.2) is 5.33 Å². The summed E-state index contributed by atoms with van der Waals surface area (Å²) in [5.41, 5.74) is 4.06. The summed E-state index contributed by atoms with van der Waals surface area (Å²) in [6.45, 7) is 0. The molecule has 0 radical (unpaired) electrons. The first kappa shape index (κ1) is 13.6. The Morgan fingerprint density at radius 2 is 1.28 bits per heavy atom. The molecule has 0 aromatic heterocycles. The Morgan fingerprint density at radius 1 is 0.778 bits per heavy atom. The maximum Gasteiger partial charge on any atom is 0.0406 e. The molecule has 0 aliphatic carbocycles. The van der Waals surface area contributed by atoms with Gasteiger partial charge in [0.1, 0.15) is 0 Å². The van der Waals surface area contributed by atoms with Gasteiger partial charge in [-0.05, 0) is 48.1 Å². The smallest absolute Gasteiger partial charge is 0.0406 e. The van der Waals surface area contributed by atoms with Gasteiger partial charge in [0.2, 0.25) is 0 Å². The zero-order valence-corrected chi connectivity index (χ0v) is 12.5. The predicted octanol–water partition coefficient (Wildman–Crippen LogP) is 5.26. The molecule has 2 aromatic carbocycles. The highest BCUT2D eigenvalue weighted by Crippen LogP contribution is 2.15. The summed E-state index contributed by atoms with van der Waals surface area (Å²) in [6, 6.07) is 17.0. The van der Waals surface area contributed by atoms with E-state index in [0.717, 1.165) is 23.2 Å². The molecular weight excluding hydrogens is 308 g/mol. The normalized spacial score (nSPS) is 10.6. The van der Waals surface area contributed by atoms with Gasteiger partial charge in [0, 0.05) is 10.4 Å². The van der Waals surface area contributed by atoms with Crippen molar-refractivity contribution in [2.45, 2.75) is 19.3 Å². The van der Waals surface area contributed by atoms with Crippen LogP contribution < -0.4 is 0 Å². The monoisotopic (exact) mass is 322 g/mol. The zero-order chi connectivity index (χ0) is 12.8. The van der Waals surface area contributed by atoms with Gasteiger partial charge in [-0.2, -0.15) is 0 Å². The Morgan fingerprint density at radius 3 is 1.83 bits per heavy atom. The number of aryl methyl sites for hydroxylation is 1. The van der Waals surface area contributed by atoms with Gasteiger partial charge in [0.15, 0.2) is 0 Å². The van der Waals surface area contributed by atoms with Crippen molar-refractivity contribution in [3.05, 3.63) is 70.2 Å². The Labute approximate surface area is 122 Å². The molecule has 0 fully saturated rings. The maximum atomic E-state index is 5.88. The Bertz CT molecular complexity index is 473. The average molecular weight is 324 g/mol. The van der Waals surface area contributed by atoms with Gasteiger partial charge < -0.3 is 0 Å². The lowest BCUT2D eigenvalue weighted by Gasteiger charge is -2.04. The van der Waals surface area contributed by atoms with E-state index >= 15 is 0 Å². The van der Waals surface area contributed by atoms with Crippen LogP contribution in [0.1, 0.15) is 23.1 Å². The molecule has 0 saturated heterocycles. The third kappa shape index (κ3) is 4.15. The van der Waals surface area contributed by atoms with Crippen LogP contribution in [-0.2, 0) is 12.8 Å². The van der Waals surface area contributed by atoms with Crippen molar-refractivity contribution in [3.8, 4) is 0 Å². The minimum absolute atomic E-state index is 0.795. The molecule has 18 heavy (non-hydrogen) atoms. The van der Waals surface area contributed by atoms with E-state index in [9.17, 15) is 0 Å². The fraction of sp³-hybridized carbons (Fsp3) is 0.250. The van der Waals surface area contributed by atoms with E-state index in [2.05, 4.69) is 52.3 Å². The van der Waals surface area contributed by atoms with Crippen LogP contribution in [0.5, 0.6) is 0 Å². The van der Waals surface area contributed by atoms with Crippen molar-refractivity contribution in [2.75, 3.05) is 5.33 Å². The second-order valence-corrected chi connectivity index (χ2v) is 5.64. The van der Waals surface area contributed by atoms with Gasteiger partial charge in [-0.1, -0.05) is 63.9 Å². The highest BCUT2D eigenvalue weighted by atomic mass is 79.9. The van der Waals surface area contributed by atoms with Crippen LogP contribution in [0, 0.1) is 0 Å². The summed E-state index contributed by atoms with van der Waals surface area (Å²) in [4.78, 5) is 0. The molecule has 0 heterocycles. The molecule has 94 valence electrons. The van der Waals surface area contributed by atoms with Gasteiger partial charge in [-0.3, -0.25) is 0 Å². The minimum Gasteiger partial charge on any atom is -0.0928 e. The van der Waals surface area contributed by atoms with Crippen LogP contribution in [0.15, 0.2) is 48.5 Å². The van der Waals surface area contributed by atoms with E-state index in [4.69, 9.17) is 11.6 Å². The number of hydrogen-bond acceptors (Lipinski definition) is 0. The largest absolute Gasteiger partial charge is 0.0928 e. The van der Waals surface area contributed by atoms with Crippen molar-refractivity contribution >= 4 is 27.5 Å². The van der Waals surface area contributed by atoms with Crippen LogP contribution >= 0.6 is 27.5 Å². The molecule has 0 spiro atoms. The summed E-state index contributed by atoms with van der Waals surface area (Å²) in [5.74, 6) is 0. The maximum absolute atomic E-state index is 5.88. The molecule has 2 heteroatoms. The van der Waals surface area contributed by atoms with Gasteiger partial charge in [0.25, 0.3) is 0 Å². The second-order valence-electron chi connectivity index (χ2n) is 4.41. The van der Waals surface area contributed by atoms with Crippen molar-refractivity contribution in [2.24, 2.45) is 0 Å². The molecular formula is C16H16BrCl. The Kier molecular flexibility index (Phi) is 5.27. The third-order valence-corrected chi connectivity index (χ3v) is 3.76. The average Bonchev–Trinajstić information content (AvgIpc) is 2.41. The molecule has 0 nitrogen and oxygen atoms in total. The number of benzene rings is 2. The molecule has 0 unspecified atom stereocenters. The first-order chi connectivity index (χ1) is 8.78. The van der Waals surface area contributed by atoms with Crippen LogP contribution in [0.3, 0.4) is 0 Å². The fourth-order valence-electron chi connectivity index (χ4n) is 1.93. The molecule has 0 N–H and O–H groups in total. The van der Waals surface area contributed by atoms with E-state index in [1.807, 2.05) is 12.1 Å². The molecule has 0 bridgehead atoms. The van der Waals surface area contributed by atoms with E-state index in [1.54, 1.807) is 0 Å². The summed E-state index contributed by atoms with van der Waals surface area (Å²) < 4.78 is 0. The Balaban J connectivity index is 1.99. The topological polar surface area (TPSA) is 0 Å². The second kappa shape index (κ2) is 6.96. The lowest BCUT2D eigenvalue weighted by molar-refractivity contribution is 0.938. The number of halogens is 2. The van der Waals surface area contributed by atoms with Crippen LogP contribution in [0.25, 0.3) is 0 Å². The van der Waals surface area contributed by atoms with Gasteiger partial charge in [0.05, 0.1) is 0 Å². The van der Waals surface area contributed by atoms with E-state index in [1.165, 1.54) is 23.1 Å². The SMILES string of the molecule is Clc1ccc(Cc2ccc(CCCBr)cc2)cc1. The van der Waals surface area contributed by atoms with Gasteiger partial charge in [-0.15, -0.1) is 0 Å². The molecule has 0 aliphatic rings. The predicted molar refractivity (Wildman–Crippen MR) is 82.8 cm³/mol. The number of alkyl halides is 1. The molecule has 0 atom stereocenters. The zero-order valence-electron chi connectivity index (χ0n) is 10.2. The highest BCUT2D eigenvalue weighted by molar-refractivity contribution is 9.09. The molecule has 0 saturated carbocycles. The first-order valence-corrected chi connectivity index (χ1v) is 7.66. The molecule has 0 amide bonds. The summed E-state index contributed by atoms with van der Waals surface area (Å²) in [5, 5.41) is 1.86. The van der Waals surface area contributed by atoms with Gasteiger partial charge >= 0.3 is 0 Å². The summed E-state index contributed by atoms with van der Waals surface area (Å²) in [6.07, 6.45) is 3.30. The van der Waals surface area contributed by atoms with E-state index < -0.39 is 0 Å². The van der Waals surface area contributed by atoms with Crippen molar-refractivity contribution < 1.29 is 0 Å². The number of rotatable bonds is 5. The van der Waals surface area contributed by atoms with E-state index in [0.29, 0.717) is 0 Å². The van der Waals surface area contributed by atoms with Gasteiger partial charge in [-0.25, -0.2) is 0 Å². The van der Waals surface area contributed by atoms with Crippen LogP contribution in [0.2, 0.25) is 5.02 Å². The number of hydrogen-bond donors (Lipinski definition) is 0.